The molecule has 1 aromatic rings. The van der Waals surface area contributed by atoms with E-state index in [1.807, 2.05) is 44.2 Å². The molecule has 1 N–H and O–H groups in total. The van der Waals surface area contributed by atoms with Crippen LogP contribution in [0.3, 0.4) is 0 Å². The van der Waals surface area contributed by atoms with Gasteiger partial charge in [0.25, 0.3) is 0 Å². The van der Waals surface area contributed by atoms with Crippen molar-refractivity contribution in [2.24, 2.45) is 0 Å². The SMILES string of the molecule is CC1=C(CC(=O)O)C(=O)CCC1.CC1=C(CC(=O)OCc2ccccc2)C(=O)CCC1. The zero-order valence-electron chi connectivity index (χ0n) is 18.2. The zero-order valence-corrected chi connectivity index (χ0v) is 18.2. The highest BCUT2D eigenvalue weighted by molar-refractivity contribution is 6.01. The van der Waals surface area contributed by atoms with Gasteiger partial charge in [0.2, 0.25) is 0 Å². The molecule has 0 heterocycles. The van der Waals surface area contributed by atoms with E-state index in [2.05, 4.69) is 0 Å². The summed E-state index contributed by atoms with van der Waals surface area (Å²) in [5.41, 5.74) is 4.12. The third-order valence-electron chi connectivity index (χ3n) is 5.51. The Morgan fingerprint density at radius 2 is 1.35 bits per heavy atom. The van der Waals surface area contributed by atoms with Gasteiger partial charge in [0, 0.05) is 24.0 Å². The van der Waals surface area contributed by atoms with Gasteiger partial charge in [0.1, 0.15) is 6.61 Å². The van der Waals surface area contributed by atoms with Crippen LogP contribution in [0.1, 0.15) is 70.8 Å². The molecule has 2 aliphatic rings. The average molecular weight is 427 g/mol. The highest BCUT2D eigenvalue weighted by Gasteiger charge is 2.21. The van der Waals surface area contributed by atoms with Crippen molar-refractivity contribution in [2.75, 3.05) is 0 Å². The Kier molecular flexibility index (Phi) is 9.38. The number of ketones is 2. The fraction of sp³-hybridized carbons (Fsp3) is 0.440. The molecule has 1 aromatic carbocycles. The van der Waals surface area contributed by atoms with Crippen molar-refractivity contribution < 1.29 is 29.0 Å². The third-order valence-corrected chi connectivity index (χ3v) is 5.51. The first kappa shape index (κ1) is 24.3. The molecule has 0 fully saturated rings. The first-order valence-electron chi connectivity index (χ1n) is 10.6. The maximum Gasteiger partial charge on any atom is 0.310 e. The van der Waals surface area contributed by atoms with Crippen molar-refractivity contribution in [2.45, 2.75) is 71.8 Å². The quantitative estimate of drug-likeness (QED) is 0.661. The lowest BCUT2D eigenvalue weighted by atomic mass is 9.90. The van der Waals surface area contributed by atoms with Crippen molar-refractivity contribution in [3.63, 3.8) is 0 Å². The summed E-state index contributed by atoms with van der Waals surface area (Å²) in [6, 6.07) is 9.54. The van der Waals surface area contributed by atoms with Crippen LogP contribution in [0.2, 0.25) is 0 Å². The predicted octanol–water partition coefficient (Wildman–Crippen LogP) is 4.72. The van der Waals surface area contributed by atoms with Gasteiger partial charge < -0.3 is 9.84 Å². The minimum Gasteiger partial charge on any atom is -0.481 e. The van der Waals surface area contributed by atoms with Crippen LogP contribution < -0.4 is 0 Å². The Bertz CT molecular complexity index is 892. The second kappa shape index (κ2) is 12.0. The van der Waals surface area contributed by atoms with Gasteiger partial charge >= 0.3 is 11.9 Å². The number of aliphatic carboxylic acids is 1. The van der Waals surface area contributed by atoms with E-state index >= 15 is 0 Å². The van der Waals surface area contributed by atoms with Crippen LogP contribution in [-0.2, 0) is 30.5 Å². The number of allylic oxidation sites excluding steroid dienone is 2. The summed E-state index contributed by atoms with van der Waals surface area (Å²) in [6.07, 6.45) is 4.61. The molecule has 166 valence electrons. The summed E-state index contributed by atoms with van der Waals surface area (Å²) in [5, 5.41) is 8.51. The Morgan fingerprint density at radius 3 is 1.84 bits per heavy atom. The smallest absolute Gasteiger partial charge is 0.310 e. The molecule has 0 aromatic heterocycles. The number of Topliss-reactive ketones (excluding diaryl/α,β-unsaturated/α-hetero) is 2. The van der Waals surface area contributed by atoms with Crippen LogP contribution in [0.15, 0.2) is 52.6 Å². The summed E-state index contributed by atoms with van der Waals surface area (Å²) in [6.45, 7) is 4.03. The van der Waals surface area contributed by atoms with Crippen molar-refractivity contribution in [1.29, 1.82) is 0 Å². The van der Waals surface area contributed by atoms with Gasteiger partial charge in [0.15, 0.2) is 11.6 Å². The van der Waals surface area contributed by atoms with Crippen molar-refractivity contribution in [3.05, 3.63) is 58.2 Å². The number of ether oxygens (including phenoxy) is 1. The van der Waals surface area contributed by atoms with Gasteiger partial charge in [-0.15, -0.1) is 0 Å². The Balaban J connectivity index is 0.000000245. The lowest BCUT2D eigenvalue weighted by Crippen LogP contribution is -2.15. The number of carboxylic acid groups (broad SMARTS) is 1. The van der Waals surface area contributed by atoms with Crippen LogP contribution in [0.5, 0.6) is 0 Å². The predicted molar refractivity (Wildman–Crippen MR) is 116 cm³/mol. The number of benzene rings is 1. The van der Waals surface area contributed by atoms with Crippen molar-refractivity contribution >= 4 is 23.5 Å². The van der Waals surface area contributed by atoms with E-state index in [1.165, 1.54) is 0 Å². The molecular weight excluding hydrogens is 396 g/mol. The van der Waals surface area contributed by atoms with Crippen LogP contribution in [0.25, 0.3) is 0 Å². The highest BCUT2D eigenvalue weighted by atomic mass is 16.5. The summed E-state index contributed by atoms with van der Waals surface area (Å²) in [7, 11) is 0. The Labute approximate surface area is 183 Å². The molecule has 0 atom stereocenters. The fourth-order valence-electron chi connectivity index (χ4n) is 3.69. The van der Waals surface area contributed by atoms with Gasteiger partial charge in [-0.25, -0.2) is 0 Å². The topological polar surface area (TPSA) is 97.7 Å². The molecule has 0 amide bonds. The van der Waals surface area contributed by atoms with Gasteiger partial charge in [-0.2, -0.15) is 0 Å². The number of carbonyl (C=O) groups excluding carboxylic acids is 3. The molecule has 0 spiro atoms. The molecule has 0 unspecified atom stereocenters. The van der Waals surface area contributed by atoms with E-state index in [0.29, 0.717) is 24.0 Å². The number of hydrogen-bond donors (Lipinski definition) is 1. The van der Waals surface area contributed by atoms with E-state index in [4.69, 9.17) is 9.84 Å². The second-order valence-electron chi connectivity index (χ2n) is 7.96. The van der Waals surface area contributed by atoms with E-state index in [-0.39, 0.29) is 37.0 Å². The summed E-state index contributed by atoms with van der Waals surface area (Å²) in [4.78, 5) is 45.1. The number of carbonyl (C=O) groups is 4. The molecule has 0 saturated carbocycles. The molecule has 0 radical (unpaired) electrons. The lowest BCUT2D eigenvalue weighted by molar-refractivity contribution is -0.144. The average Bonchev–Trinajstić information content (AvgIpc) is 2.73. The molecule has 0 aliphatic heterocycles. The minimum absolute atomic E-state index is 0.0150. The molecule has 6 heteroatoms. The van der Waals surface area contributed by atoms with Crippen LogP contribution >= 0.6 is 0 Å². The number of rotatable bonds is 6. The second-order valence-corrected chi connectivity index (χ2v) is 7.96. The van der Waals surface area contributed by atoms with E-state index < -0.39 is 5.97 Å². The standard InChI is InChI=1S/C16H18O3.C9H12O3/c1-12-6-5-9-15(17)14(12)10-16(18)19-11-13-7-3-2-4-8-13;1-6-3-2-4-8(10)7(6)5-9(11)12/h2-4,7-8H,5-6,9-11H2,1H3;2-5H2,1H3,(H,11,12). The minimum atomic E-state index is -0.917. The van der Waals surface area contributed by atoms with E-state index in [1.54, 1.807) is 0 Å². The van der Waals surface area contributed by atoms with E-state index in [0.717, 1.165) is 42.4 Å². The largest absolute Gasteiger partial charge is 0.481 e. The molecule has 31 heavy (non-hydrogen) atoms. The maximum atomic E-state index is 11.8. The Hall–Kier alpha value is -3.02. The molecule has 6 nitrogen and oxygen atoms in total. The summed E-state index contributed by atoms with van der Waals surface area (Å²) < 4.78 is 5.20. The van der Waals surface area contributed by atoms with Crippen molar-refractivity contribution in [3.8, 4) is 0 Å². The monoisotopic (exact) mass is 426 g/mol. The number of carboxylic acids is 1. The number of hydrogen-bond acceptors (Lipinski definition) is 5. The lowest BCUT2D eigenvalue weighted by Gasteiger charge is -2.16. The molecule has 0 bridgehead atoms. The van der Waals surface area contributed by atoms with E-state index in [9.17, 15) is 19.2 Å². The van der Waals surface area contributed by atoms with Crippen LogP contribution in [0.4, 0.5) is 0 Å². The first-order valence-corrected chi connectivity index (χ1v) is 10.6. The maximum absolute atomic E-state index is 11.8. The molecular formula is C25H30O6. The Morgan fingerprint density at radius 1 is 0.839 bits per heavy atom. The molecule has 2 aliphatic carbocycles. The highest BCUT2D eigenvalue weighted by Crippen LogP contribution is 2.25. The van der Waals surface area contributed by atoms with Crippen molar-refractivity contribution in [1.82, 2.24) is 0 Å². The number of esters is 1. The molecule has 0 saturated heterocycles. The summed E-state index contributed by atoms with van der Waals surface area (Å²) in [5.74, 6) is -1.13. The third kappa shape index (κ3) is 7.96. The zero-order chi connectivity index (χ0) is 22.8. The van der Waals surface area contributed by atoms with Gasteiger partial charge in [0.05, 0.1) is 12.8 Å². The van der Waals surface area contributed by atoms with Gasteiger partial charge in [-0.05, 0) is 45.1 Å². The normalized spacial score (nSPS) is 16.6. The molecule has 3 rings (SSSR count). The summed E-state index contributed by atoms with van der Waals surface area (Å²) >= 11 is 0. The fourth-order valence-corrected chi connectivity index (χ4v) is 3.69. The van der Waals surface area contributed by atoms with Crippen LogP contribution in [-0.4, -0.2) is 28.6 Å². The van der Waals surface area contributed by atoms with Gasteiger partial charge in [-0.3, -0.25) is 19.2 Å². The first-order chi connectivity index (χ1) is 14.8. The van der Waals surface area contributed by atoms with Gasteiger partial charge in [-0.1, -0.05) is 41.5 Å². The van der Waals surface area contributed by atoms with Crippen LogP contribution in [0, 0.1) is 0 Å².